The normalized spacial score (nSPS) is 10.9. The van der Waals surface area contributed by atoms with Crippen LogP contribution >= 0.6 is 11.5 Å². The highest BCUT2D eigenvalue weighted by atomic mass is 32.1. The fourth-order valence-electron chi connectivity index (χ4n) is 1.70. The van der Waals surface area contributed by atoms with Gasteiger partial charge in [-0.3, -0.25) is 0 Å². The summed E-state index contributed by atoms with van der Waals surface area (Å²) in [6, 6.07) is 7.48. The predicted octanol–water partition coefficient (Wildman–Crippen LogP) is 2.62. The smallest absolute Gasteiger partial charge is 0.345 e. The SMILES string of the molecule is Cc1ccc2oc(=O)c(-c3csnn3)cc2c1. The van der Waals surface area contributed by atoms with Gasteiger partial charge in [0.2, 0.25) is 0 Å². The molecule has 5 heteroatoms. The molecule has 3 rings (SSSR count). The van der Waals surface area contributed by atoms with Gasteiger partial charge in [-0.15, -0.1) is 5.10 Å². The van der Waals surface area contributed by atoms with Gasteiger partial charge in [0.15, 0.2) is 0 Å². The maximum atomic E-state index is 11.8. The lowest BCUT2D eigenvalue weighted by molar-refractivity contribution is 0.563. The van der Waals surface area contributed by atoms with E-state index in [0.717, 1.165) is 10.9 Å². The first-order valence-electron chi connectivity index (χ1n) is 5.06. The number of nitrogens with zero attached hydrogens (tertiary/aromatic N) is 2. The van der Waals surface area contributed by atoms with E-state index in [0.29, 0.717) is 16.8 Å². The van der Waals surface area contributed by atoms with Crippen molar-refractivity contribution in [3.63, 3.8) is 0 Å². The molecule has 0 saturated heterocycles. The molecular weight excluding hydrogens is 236 g/mol. The van der Waals surface area contributed by atoms with Crippen LogP contribution in [0.15, 0.2) is 38.9 Å². The summed E-state index contributed by atoms with van der Waals surface area (Å²) >= 11 is 1.21. The van der Waals surface area contributed by atoms with Crippen LogP contribution in [0.5, 0.6) is 0 Å². The molecule has 0 atom stereocenters. The van der Waals surface area contributed by atoms with Crippen molar-refractivity contribution < 1.29 is 4.42 Å². The standard InChI is InChI=1S/C12H8N2O2S/c1-7-2-3-11-8(4-7)5-9(12(15)16-11)10-6-17-14-13-10/h2-6H,1H3. The lowest BCUT2D eigenvalue weighted by Gasteiger charge is -2.00. The van der Waals surface area contributed by atoms with E-state index in [9.17, 15) is 4.79 Å². The summed E-state index contributed by atoms with van der Waals surface area (Å²) in [6.07, 6.45) is 0. The Morgan fingerprint density at radius 2 is 2.18 bits per heavy atom. The zero-order valence-corrected chi connectivity index (χ0v) is 9.82. The Labute approximate surface area is 101 Å². The highest BCUT2D eigenvalue weighted by molar-refractivity contribution is 7.03. The van der Waals surface area contributed by atoms with E-state index in [-0.39, 0.29) is 5.63 Å². The molecule has 4 nitrogen and oxygen atoms in total. The van der Waals surface area contributed by atoms with E-state index >= 15 is 0 Å². The van der Waals surface area contributed by atoms with Crippen molar-refractivity contribution in [3.05, 3.63) is 45.6 Å². The molecule has 0 bridgehead atoms. The van der Waals surface area contributed by atoms with E-state index in [4.69, 9.17) is 4.42 Å². The Kier molecular flexibility index (Phi) is 2.26. The zero-order chi connectivity index (χ0) is 11.8. The number of fused-ring (bicyclic) bond motifs is 1. The minimum atomic E-state index is -0.381. The molecule has 2 heterocycles. The molecule has 0 radical (unpaired) electrons. The van der Waals surface area contributed by atoms with Gasteiger partial charge < -0.3 is 4.42 Å². The maximum absolute atomic E-state index is 11.8. The lowest BCUT2D eigenvalue weighted by atomic mass is 10.1. The quantitative estimate of drug-likeness (QED) is 0.617. The molecule has 84 valence electrons. The Balaban J connectivity index is 2.33. The van der Waals surface area contributed by atoms with Gasteiger partial charge in [-0.05, 0) is 36.7 Å². The molecule has 0 aliphatic heterocycles. The zero-order valence-electron chi connectivity index (χ0n) is 9.01. The molecule has 17 heavy (non-hydrogen) atoms. The van der Waals surface area contributed by atoms with Crippen LogP contribution in [0.2, 0.25) is 0 Å². The van der Waals surface area contributed by atoms with Crippen LogP contribution in [-0.4, -0.2) is 9.59 Å². The maximum Gasteiger partial charge on any atom is 0.345 e. The van der Waals surface area contributed by atoms with Crippen LogP contribution < -0.4 is 5.63 Å². The molecule has 0 spiro atoms. The van der Waals surface area contributed by atoms with Crippen molar-refractivity contribution in [2.75, 3.05) is 0 Å². The third kappa shape index (κ3) is 1.74. The summed E-state index contributed by atoms with van der Waals surface area (Å²) < 4.78 is 9.00. The van der Waals surface area contributed by atoms with Gasteiger partial charge in [0.25, 0.3) is 0 Å². The summed E-state index contributed by atoms with van der Waals surface area (Å²) in [6.45, 7) is 1.99. The molecule has 0 N–H and O–H groups in total. The first-order valence-corrected chi connectivity index (χ1v) is 5.89. The number of rotatable bonds is 1. The number of hydrogen-bond acceptors (Lipinski definition) is 5. The topological polar surface area (TPSA) is 56.0 Å². The summed E-state index contributed by atoms with van der Waals surface area (Å²) in [5.74, 6) is 0. The molecule has 0 saturated carbocycles. The Hall–Kier alpha value is -2.01. The van der Waals surface area contributed by atoms with Crippen molar-refractivity contribution in [3.8, 4) is 11.3 Å². The van der Waals surface area contributed by atoms with E-state index in [2.05, 4.69) is 9.59 Å². The van der Waals surface area contributed by atoms with E-state index in [1.807, 2.05) is 19.1 Å². The molecule has 1 aromatic carbocycles. The van der Waals surface area contributed by atoms with Crippen molar-refractivity contribution in [1.82, 2.24) is 9.59 Å². The van der Waals surface area contributed by atoms with Gasteiger partial charge in [0.1, 0.15) is 11.3 Å². The Morgan fingerprint density at radius 1 is 1.29 bits per heavy atom. The number of benzene rings is 1. The fraction of sp³-hybridized carbons (Fsp3) is 0.0833. The van der Waals surface area contributed by atoms with Crippen LogP contribution in [0.1, 0.15) is 5.56 Å². The average molecular weight is 244 g/mol. The van der Waals surface area contributed by atoms with Crippen molar-refractivity contribution in [2.24, 2.45) is 0 Å². The Morgan fingerprint density at radius 3 is 2.94 bits per heavy atom. The molecule has 3 aromatic rings. The fourth-order valence-corrected chi connectivity index (χ4v) is 2.16. The van der Waals surface area contributed by atoms with Crippen LogP contribution in [-0.2, 0) is 0 Å². The predicted molar refractivity (Wildman–Crippen MR) is 66.1 cm³/mol. The van der Waals surface area contributed by atoms with E-state index in [1.165, 1.54) is 11.5 Å². The molecule has 0 fully saturated rings. The highest BCUT2D eigenvalue weighted by Gasteiger charge is 2.09. The first-order chi connectivity index (χ1) is 8.24. The van der Waals surface area contributed by atoms with Crippen molar-refractivity contribution >= 4 is 22.5 Å². The van der Waals surface area contributed by atoms with Gasteiger partial charge in [0.05, 0.1) is 5.56 Å². The summed E-state index contributed by atoms with van der Waals surface area (Å²) in [7, 11) is 0. The van der Waals surface area contributed by atoms with Gasteiger partial charge in [-0.25, -0.2) is 4.79 Å². The third-order valence-electron chi connectivity index (χ3n) is 2.52. The summed E-state index contributed by atoms with van der Waals surface area (Å²) in [5.41, 5.74) is 2.35. The lowest BCUT2D eigenvalue weighted by Crippen LogP contribution is -2.02. The molecule has 0 unspecified atom stereocenters. The second-order valence-corrected chi connectivity index (χ2v) is 4.39. The molecule has 0 aliphatic rings. The van der Waals surface area contributed by atoms with Crippen LogP contribution in [0.3, 0.4) is 0 Å². The number of aryl methyl sites for hydroxylation is 1. The molecule has 0 amide bonds. The van der Waals surface area contributed by atoms with Gasteiger partial charge in [0, 0.05) is 10.8 Å². The third-order valence-corrected chi connectivity index (χ3v) is 3.03. The number of aromatic nitrogens is 2. The summed E-state index contributed by atoms with van der Waals surface area (Å²) in [5, 5.41) is 6.51. The first kappa shape index (κ1) is 10.2. The van der Waals surface area contributed by atoms with Gasteiger partial charge in [-0.2, -0.15) is 0 Å². The van der Waals surface area contributed by atoms with Gasteiger partial charge in [-0.1, -0.05) is 16.1 Å². The van der Waals surface area contributed by atoms with Crippen LogP contribution in [0.4, 0.5) is 0 Å². The highest BCUT2D eigenvalue weighted by Crippen LogP contribution is 2.20. The van der Waals surface area contributed by atoms with Crippen molar-refractivity contribution in [1.29, 1.82) is 0 Å². The van der Waals surface area contributed by atoms with Crippen molar-refractivity contribution in [2.45, 2.75) is 6.92 Å². The van der Waals surface area contributed by atoms with Crippen LogP contribution in [0, 0.1) is 6.92 Å². The van der Waals surface area contributed by atoms with E-state index < -0.39 is 0 Å². The average Bonchev–Trinajstić information content (AvgIpc) is 2.82. The second-order valence-electron chi connectivity index (χ2n) is 3.78. The van der Waals surface area contributed by atoms with E-state index in [1.54, 1.807) is 17.5 Å². The number of hydrogen-bond donors (Lipinski definition) is 0. The minimum absolute atomic E-state index is 0.381. The van der Waals surface area contributed by atoms with Crippen LogP contribution in [0.25, 0.3) is 22.2 Å². The summed E-state index contributed by atoms with van der Waals surface area (Å²) in [4.78, 5) is 11.8. The molecule has 2 aromatic heterocycles. The minimum Gasteiger partial charge on any atom is -0.422 e. The van der Waals surface area contributed by atoms with Gasteiger partial charge >= 0.3 is 5.63 Å². The second kappa shape index (κ2) is 3.78. The Bertz CT molecular complexity index is 732. The molecular formula is C12H8N2O2S. The molecule has 0 aliphatic carbocycles. The monoisotopic (exact) mass is 244 g/mol. The largest absolute Gasteiger partial charge is 0.422 e.